The van der Waals surface area contributed by atoms with E-state index in [9.17, 15) is 4.79 Å². The van der Waals surface area contributed by atoms with E-state index in [1.54, 1.807) is 10.9 Å². The van der Waals surface area contributed by atoms with E-state index in [1.165, 1.54) is 7.11 Å². The van der Waals surface area contributed by atoms with E-state index in [4.69, 9.17) is 5.73 Å². The van der Waals surface area contributed by atoms with Crippen molar-refractivity contribution in [3.05, 3.63) is 46.3 Å². The number of carbonyl (C=O) groups excluding carboxylic acids is 1. The highest BCUT2D eigenvalue weighted by molar-refractivity contribution is 9.10. The molecule has 1 heterocycles. The summed E-state index contributed by atoms with van der Waals surface area (Å²) in [6.45, 7) is 1.99. The summed E-state index contributed by atoms with van der Waals surface area (Å²) in [5, 5.41) is 0. The maximum Gasteiger partial charge on any atom is 0.360 e. The molecule has 0 fully saturated rings. The first-order chi connectivity index (χ1) is 9.04. The second kappa shape index (κ2) is 5.44. The average molecular weight is 324 g/mol. The van der Waals surface area contributed by atoms with Crippen LogP contribution in [0.5, 0.6) is 0 Å². The normalized spacial score (nSPS) is 12.2. The number of halogens is 1. The first kappa shape index (κ1) is 13.6. The number of carbonyl (C=O) groups is 1. The zero-order chi connectivity index (χ0) is 14.0. The minimum Gasteiger partial charge on any atom is -0.464 e. The molecule has 0 aliphatic rings. The van der Waals surface area contributed by atoms with Crippen molar-refractivity contribution >= 4 is 27.7 Å². The zero-order valence-corrected chi connectivity index (χ0v) is 12.2. The Hall–Kier alpha value is -1.82. The molecule has 100 valence electrons. The van der Waals surface area contributed by atoms with Gasteiger partial charge in [0.15, 0.2) is 5.69 Å². The van der Waals surface area contributed by atoms with Gasteiger partial charge >= 0.3 is 5.97 Å². The molecule has 5 nitrogen and oxygen atoms in total. The molecule has 6 heteroatoms. The van der Waals surface area contributed by atoms with Gasteiger partial charge in [-0.15, -0.1) is 0 Å². The number of benzene rings is 1. The van der Waals surface area contributed by atoms with Gasteiger partial charge in [-0.25, -0.2) is 9.78 Å². The average Bonchev–Trinajstić information content (AvgIpc) is 2.79. The molecule has 0 aliphatic heterocycles. The van der Waals surface area contributed by atoms with Crippen LogP contribution in [-0.4, -0.2) is 22.6 Å². The van der Waals surface area contributed by atoms with Crippen LogP contribution < -0.4 is 5.73 Å². The molecule has 0 bridgehead atoms. The highest BCUT2D eigenvalue weighted by Crippen LogP contribution is 2.25. The molecule has 0 saturated heterocycles. The van der Waals surface area contributed by atoms with Crippen LogP contribution in [0, 0.1) is 0 Å². The molecule has 2 aromatic rings. The molecule has 0 amide bonds. The Morgan fingerprint density at radius 3 is 2.89 bits per heavy atom. The van der Waals surface area contributed by atoms with Crippen molar-refractivity contribution in [2.45, 2.75) is 13.0 Å². The van der Waals surface area contributed by atoms with Gasteiger partial charge in [-0.3, -0.25) is 0 Å². The molecule has 1 atom stereocenters. The van der Waals surface area contributed by atoms with E-state index < -0.39 is 5.97 Å². The molecule has 0 aliphatic carbocycles. The fourth-order valence-corrected chi connectivity index (χ4v) is 2.28. The zero-order valence-electron chi connectivity index (χ0n) is 10.6. The number of hydrogen-bond donors (Lipinski definition) is 1. The summed E-state index contributed by atoms with van der Waals surface area (Å²) in [5.41, 5.74) is 7.15. The number of imidazole rings is 1. The molecule has 19 heavy (non-hydrogen) atoms. The van der Waals surface area contributed by atoms with Crippen LogP contribution >= 0.6 is 15.9 Å². The number of anilines is 1. The second-order valence-corrected chi connectivity index (χ2v) is 5.02. The Labute approximate surface area is 119 Å². The van der Waals surface area contributed by atoms with Crippen LogP contribution in [-0.2, 0) is 4.74 Å². The third-order valence-electron chi connectivity index (χ3n) is 2.96. The number of nitrogens with two attached hydrogens (primary N) is 1. The summed E-state index contributed by atoms with van der Waals surface area (Å²) in [7, 11) is 1.30. The first-order valence-corrected chi connectivity index (χ1v) is 6.50. The number of methoxy groups -OCH3 is 1. The SMILES string of the molecule is COC(=O)c1ncn(C(C)c2cccc(Br)c2)c1N. The number of hydrogen-bond acceptors (Lipinski definition) is 4. The number of rotatable bonds is 3. The Morgan fingerprint density at radius 2 is 2.26 bits per heavy atom. The quantitative estimate of drug-likeness (QED) is 0.881. The molecule has 1 aromatic carbocycles. The van der Waals surface area contributed by atoms with Gasteiger partial charge in [0.05, 0.1) is 19.5 Å². The summed E-state index contributed by atoms with van der Waals surface area (Å²) in [6, 6.07) is 7.87. The Bertz CT molecular complexity index is 610. The van der Waals surface area contributed by atoms with Crippen LogP contribution in [0.2, 0.25) is 0 Å². The molecule has 0 radical (unpaired) electrons. The summed E-state index contributed by atoms with van der Waals surface area (Å²) in [4.78, 5) is 15.5. The van der Waals surface area contributed by atoms with Gasteiger partial charge < -0.3 is 15.0 Å². The maximum absolute atomic E-state index is 11.5. The molecule has 0 spiro atoms. The van der Waals surface area contributed by atoms with E-state index in [-0.39, 0.29) is 11.7 Å². The van der Waals surface area contributed by atoms with E-state index >= 15 is 0 Å². The van der Waals surface area contributed by atoms with Crippen LogP contribution in [0.4, 0.5) is 5.82 Å². The monoisotopic (exact) mass is 323 g/mol. The summed E-state index contributed by atoms with van der Waals surface area (Å²) in [5.74, 6) is -0.225. The van der Waals surface area contributed by atoms with Gasteiger partial charge in [-0.1, -0.05) is 28.1 Å². The lowest BCUT2D eigenvalue weighted by molar-refractivity contribution is 0.0596. The van der Waals surface area contributed by atoms with Crippen molar-refractivity contribution in [2.75, 3.05) is 12.8 Å². The smallest absolute Gasteiger partial charge is 0.360 e. The van der Waals surface area contributed by atoms with E-state index in [1.807, 2.05) is 31.2 Å². The van der Waals surface area contributed by atoms with Gasteiger partial charge in [-0.2, -0.15) is 0 Å². The van der Waals surface area contributed by atoms with Crippen molar-refractivity contribution in [1.82, 2.24) is 9.55 Å². The fourth-order valence-electron chi connectivity index (χ4n) is 1.86. The topological polar surface area (TPSA) is 70.1 Å². The highest BCUT2D eigenvalue weighted by Gasteiger charge is 2.19. The number of esters is 1. The largest absolute Gasteiger partial charge is 0.464 e. The van der Waals surface area contributed by atoms with E-state index in [0.29, 0.717) is 5.82 Å². The van der Waals surface area contributed by atoms with Gasteiger partial charge in [0.2, 0.25) is 0 Å². The van der Waals surface area contributed by atoms with Crippen LogP contribution in [0.15, 0.2) is 35.1 Å². The second-order valence-electron chi connectivity index (χ2n) is 4.11. The van der Waals surface area contributed by atoms with Gasteiger partial charge in [0.25, 0.3) is 0 Å². The Kier molecular flexibility index (Phi) is 3.90. The lowest BCUT2D eigenvalue weighted by Crippen LogP contribution is -2.11. The minimum atomic E-state index is -0.530. The lowest BCUT2D eigenvalue weighted by Gasteiger charge is -2.15. The van der Waals surface area contributed by atoms with Crippen molar-refractivity contribution in [3.8, 4) is 0 Å². The Balaban J connectivity index is 2.37. The summed E-state index contributed by atoms with van der Waals surface area (Å²) < 4.78 is 7.37. The predicted octanol–water partition coefficient (Wildman–Crippen LogP) is 2.62. The van der Waals surface area contributed by atoms with Gasteiger partial charge in [0.1, 0.15) is 5.82 Å². The molecule has 0 saturated carbocycles. The number of nitrogen functional groups attached to an aromatic ring is 1. The van der Waals surface area contributed by atoms with Gasteiger partial charge in [0, 0.05) is 4.47 Å². The molecule has 1 unspecified atom stereocenters. The first-order valence-electron chi connectivity index (χ1n) is 5.70. The predicted molar refractivity (Wildman–Crippen MR) is 75.9 cm³/mol. The molecule has 2 rings (SSSR count). The maximum atomic E-state index is 11.5. The van der Waals surface area contributed by atoms with Crippen molar-refractivity contribution < 1.29 is 9.53 Å². The number of nitrogens with zero attached hydrogens (tertiary/aromatic N) is 2. The number of ether oxygens (including phenoxy) is 1. The third kappa shape index (κ3) is 2.63. The molecule has 1 aromatic heterocycles. The van der Waals surface area contributed by atoms with Crippen molar-refractivity contribution in [1.29, 1.82) is 0 Å². The van der Waals surface area contributed by atoms with Crippen LogP contribution in [0.3, 0.4) is 0 Å². The molecule has 2 N–H and O–H groups in total. The standard InChI is InChI=1S/C13H14BrN3O2/c1-8(9-4-3-5-10(14)6-9)17-7-16-11(12(17)15)13(18)19-2/h3-8H,15H2,1-2H3. The van der Waals surface area contributed by atoms with Crippen molar-refractivity contribution in [3.63, 3.8) is 0 Å². The molecular weight excluding hydrogens is 310 g/mol. The Morgan fingerprint density at radius 1 is 1.53 bits per heavy atom. The van der Waals surface area contributed by atoms with Crippen LogP contribution in [0.1, 0.15) is 29.0 Å². The van der Waals surface area contributed by atoms with E-state index in [2.05, 4.69) is 25.7 Å². The highest BCUT2D eigenvalue weighted by atomic mass is 79.9. The third-order valence-corrected chi connectivity index (χ3v) is 3.45. The number of aromatic nitrogens is 2. The van der Waals surface area contributed by atoms with Crippen LogP contribution in [0.25, 0.3) is 0 Å². The lowest BCUT2D eigenvalue weighted by atomic mass is 10.1. The summed E-state index contributed by atoms with van der Waals surface area (Å²) in [6.07, 6.45) is 1.55. The molecular formula is C13H14BrN3O2. The summed E-state index contributed by atoms with van der Waals surface area (Å²) >= 11 is 3.43. The van der Waals surface area contributed by atoms with Crippen molar-refractivity contribution in [2.24, 2.45) is 0 Å². The van der Waals surface area contributed by atoms with E-state index in [0.717, 1.165) is 10.0 Å². The fraction of sp³-hybridized carbons (Fsp3) is 0.231. The minimum absolute atomic E-state index is 0.0246. The van der Waals surface area contributed by atoms with Gasteiger partial charge in [-0.05, 0) is 24.6 Å².